The molecule has 0 aliphatic rings. The van der Waals surface area contributed by atoms with Crippen LogP contribution in [0, 0.1) is 6.92 Å². The van der Waals surface area contributed by atoms with E-state index in [9.17, 15) is 4.79 Å². The van der Waals surface area contributed by atoms with Crippen LogP contribution in [0.4, 0.5) is 0 Å². The van der Waals surface area contributed by atoms with E-state index in [4.69, 9.17) is 14.2 Å². The maximum Gasteiger partial charge on any atom is 0.349 e. The van der Waals surface area contributed by atoms with Gasteiger partial charge in [-0.15, -0.1) is 11.3 Å². The number of carbonyl (C=O) groups excluding carboxylic acids is 1. The summed E-state index contributed by atoms with van der Waals surface area (Å²) >= 11 is 1.53. The van der Waals surface area contributed by atoms with E-state index in [1.165, 1.54) is 11.3 Å². The lowest BCUT2D eigenvalue weighted by Crippen LogP contribution is -2.39. The highest BCUT2D eigenvalue weighted by atomic mass is 32.1. The van der Waals surface area contributed by atoms with Crippen LogP contribution in [0.1, 0.15) is 55.8 Å². The molecule has 3 aromatic rings. The molecule has 1 atom stereocenters. The second kappa shape index (κ2) is 10.5. The average Bonchev–Trinajstić information content (AvgIpc) is 3.30. The summed E-state index contributed by atoms with van der Waals surface area (Å²) in [4.78, 5) is 26.4. The average molecular weight is 456 g/mol. The molecule has 0 N–H and O–H groups in total. The second-order valence-electron chi connectivity index (χ2n) is 7.77. The lowest BCUT2D eigenvalue weighted by atomic mass is 10.1. The molecule has 0 aliphatic heterocycles. The zero-order valence-electron chi connectivity index (χ0n) is 19.1. The molecule has 1 aromatic carbocycles. The Kier molecular flexibility index (Phi) is 7.80. The molecule has 0 saturated heterocycles. The molecular weight excluding hydrogens is 426 g/mol. The molecule has 2 heterocycles. The van der Waals surface area contributed by atoms with E-state index in [1.54, 1.807) is 38.4 Å². The molecule has 0 fully saturated rings. The molecule has 0 amide bonds. The smallest absolute Gasteiger partial charge is 0.349 e. The second-order valence-corrected chi connectivity index (χ2v) is 8.69. The monoisotopic (exact) mass is 455 g/mol. The molecule has 0 aliphatic carbocycles. The van der Waals surface area contributed by atoms with Crippen LogP contribution in [0.5, 0.6) is 11.5 Å². The van der Waals surface area contributed by atoms with E-state index in [0.29, 0.717) is 24.5 Å². The molecule has 0 radical (unpaired) electrons. The molecule has 2 aromatic heterocycles. The first-order valence-corrected chi connectivity index (χ1v) is 11.5. The van der Waals surface area contributed by atoms with Crippen LogP contribution in [0.15, 0.2) is 42.2 Å². The first-order valence-electron chi connectivity index (χ1n) is 10.6. The number of ether oxygens (including phenoxy) is 3. The number of nitrogens with zero attached hydrogens (tertiary/aromatic N) is 3. The highest BCUT2D eigenvalue weighted by molar-refractivity contribution is 7.09. The summed E-state index contributed by atoms with van der Waals surface area (Å²) < 4.78 is 17.2. The fourth-order valence-electron chi connectivity index (χ4n) is 3.13. The Balaban J connectivity index is 1.73. The number of benzene rings is 1. The third kappa shape index (κ3) is 6.03. The Morgan fingerprint density at radius 3 is 2.44 bits per heavy atom. The van der Waals surface area contributed by atoms with Gasteiger partial charge in [0.05, 0.1) is 17.0 Å². The van der Waals surface area contributed by atoms with E-state index in [-0.39, 0.29) is 6.10 Å². The van der Waals surface area contributed by atoms with Gasteiger partial charge in [-0.2, -0.15) is 0 Å². The van der Waals surface area contributed by atoms with Crippen molar-refractivity contribution in [3.05, 3.63) is 64.1 Å². The van der Waals surface area contributed by atoms with Crippen molar-refractivity contribution in [3.8, 4) is 11.5 Å². The van der Waals surface area contributed by atoms with Crippen molar-refractivity contribution in [1.82, 2.24) is 15.0 Å². The maximum absolute atomic E-state index is 12.1. The zero-order valence-corrected chi connectivity index (χ0v) is 19.9. The van der Waals surface area contributed by atoms with Crippen LogP contribution >= 0.6 is 11.3 Å². The minimum atomic E-state index is -1.08. The Bertz CT molecular complexity index is 1020. The largest absolute Gasteiger partial charge is 0.484 e. The Morgan fingerprint density at radius 2 is 1.84 bits per heavy atom. The number of aryl methyl sites for hydroxylation is 2. The Labute approximate surface area is 192 Å². The fourth-order valence-corrected chi connectivity index (χ4v) is 3.78. The molecule has 8 heteroatoms. The van der Waals surface area contributed by atoms with Gasteiger partial charge in [0.1, 0.15) is 23.4 Å². The number of rotatable bonds is 10. The topological polar surface area (TPSA) is 83.4 Å². The van der Waals surface area contributed by atoms with Crippen molar-refractivity contribution < 1.29 is 19.0 Å². The molecule has 0 bridgehead atoms. The van der Waals surface area contributed by atoms with Crippen molar-refractivity contribution in [2.75, 3.05) is 6.61 Å². The standard InChI is InChI=1S/C24H29N3O4S/c1-6-17-13-26-22(27-16(17)3)12-20(21-14-25-15-32-21)30-18-8-10-19(11-9-18)31-24(4,5)23(28)29-7-2/h8-11,13-15,20H,6-7,12H2,1-5H3. The Hall–Kier alpha value is -3.00. The first-order chi connectivity index (χ1) is 15.3. The molecule has 170 valence electrons. The summed E-state index contributed by atoms with van der Waals surface area (Å²) in [6.07, 6.45) is 4.86. The quantitative estimate of drug-likeness (QED) is 0.403. The molecule has 0 saturated carbocycles. The summed E-state index contributed by atoms with van der Waals surface area (Å²) in [6, 6.07) is 7.18. The van der Waals surface area contributed by atoms with Crippen molar-refractivity contribution in [2.24, 2.45) is 0 Å². The number of carbonyl (C=O) groups is 1. The van der Waals surface area contributed by atoms with E-state index < -0.39 is 11.6 Å². The van der Waals surface area contributed by atoms with Gasteiger partial charge >= 0.3 is 5.97 Å². The van der Waals surface area contributed by atoms with Gasteiger partial charge in [-0.1, -0.05) is 6.92 Å². The van der Waals surface area contributed by atoms with Gasteiger partial charge in [-0.05, 0) is 63.9 Å². The van der Waals surface area contributed by atoms with Crippen LogP contribution < -0.4 is 9.47 Å². The first kappa shape index (κ1) is 23.7. The van der Waals surface area contributed by atoms with Crippen LogP contribution in [-0.4, -0.2) is 33.1 Å². The summed E-state index contributed by atoms with van der Waals surface area (Å²) in [6.45, 7) is 9.53. The number of hydrogen-bond donors (Lipinski definition) is 0. The maximum atomic E-state index is 12.1. The minimum absolute atomic E-state index is 0.267. The van der Waals surface area contributed by atoms with Gasteiger partial charge < -0.3 is 14.2 Å². The number of esters is 1. The van der Waals surface area contributed by atoms with Gasteiger partial charge in [0, 0.05) is 24.5 Å². The van der Waals surface area contributed by atoms with Crippen LogP contribution in [0.25, 0.3) is 0 Å². The highest BCUT2D eigenvalue weighted by Crippen LogP contribution is 2.29. The van der Waals surface area contributed by atoms with E-state index in [2.05, 4.69) is 21.9 Å². The molecular formula is C24H29N3O4S. The van der Waals surface area contributed by atoms with Crippen molar-refractivity contribution >= 4 is 17.3 Å². The van der Waals surface area contributed by atoms with Crippen molar-refractivity contribution in [1.29, 1.82) is 0 Å². The van der Waals surface area contributed by atoms with Crippen molar-refractivity contribution in [3.63, 3.8) is 0 Å². The van der Waals surface area contributed by atoms with Crippen LogP contribution in [0.3, 0.4) is 0 Å². The summed E-state index contributed by atoms with van der Waals surface area (Å²) in [7, 11) is 0. The van der Waals surface area contributed by atoms with Gasteiger partial charge in [0.2, 0.25) is 0 Å². The number of aromatic nitrogens is 3. The van der Waals surface area contributed by atoms with Crippen LogP contribution in [-0.2, 0) is 22.4 Å². The fraction of sp³-hybridized carbons (Fsp3) is 0.417. The van der Waals surface area contributed by atoms with Gasteiger partial charge in [0.25, 0.3) is 0 Å². The molecule has 0 spiro atoms. The summed E-state index contributed by atoms with van der Waals surface area (Å²) in [5.74, 6) is 1.55. The Morgan fingerprint density at radius 1 is 1.12 bits per heavy atom. The van der Waals surface area contributed by atoms with E-state index in [1.807, 2.05) is 31.5 Å². The summed E-state index contributed by atoms with van der Waals surface area (Å²) in [5, 5.41) is 0. The van der Waals surface area contributed by atoms with E-state index in [0.717, 1.165) is 28.4 Å². The SMILES string of the molecule is CCOC(=O)C(C)(C)Oc1ccc(OC(Cc2ncc(CC)c(C)n2)c2cncs2)cc1. The molecule has 7 nitrogen and oxygen atoms in total. The number of thiazole rings is 1. The van der Waals surface area contributed by atoms with Gasteiger partial charge in [-0.3, -0.25) is 4.98 Å². The third-order valence-electron chi connectivity index (χ3n) is 4.89. The molecule has 1 unspecified atom stereocenters. The predicted molar refractivity (Wildman–Crippen MR) is 123 cm³/mol. The normalized spacial score (nSPS) is 12.3. The van der Waals surface area contributed by atoms with Crippen molar-refractivity contribution in [2.45, 2.75) is 59.2 Å². The third-order valence-corrected chi connectivity index (χ3v) is 5.76. The lowest BCUT2D eigenvalue weighted by molar-refractivity contribution is -0.158. The highest BCUT2D eigenvalue weighted by Gasteiger charge is 2.31. The van der Waals surface area contributed by atoms with Gasteiger partial charge in [0.15, 0.2) is 5.60 Å². The van der Waals surface area contributed by atoms with Gasteiger partial charge in [-0.25, -0.2) is 14.8 Å². The van der Waals surface area contributed by atoms with E-state index >= 15 is 0 Å². The lowest BCUT2D eigenvalue weighted by Gasteiger charge is -2.24. The summed E-state index contributed by atoms with van der Waals surface area (Å²) in [5.41, 5.74) is 2.84. The zero-order chi connectivity index (χ0) is 23.1. The minimum Gasteiger partial charge on any atom is -0.484 e. The number of hydrogen-bond acceptors (Lipinski definition) is 8. The molecule has 32 heavy (non-hydrogen) atoms. The molecule has 3 rings (SSSR count). The predicted octanol–water partition coefficient (Wildman–Crippen LogP) is 4.89. The van der Waals surface area contributed by atoms with Crippen LogP contribution in [0.2, 0.25) is 0 Å².